The first-order valence-electron chi connectivity index (χ1n) is 9.37. The zero-order chi connectivity index (χ0) is 21.7. The molecule has 0 spiro atoms. The number of benzene rings is 2. The second-order valence-corrected chi connectivity index (χ2v) is 8.68. The summed E-state index contributed by atoms with van der Waals surface area (Å²) in [5.41, 5.74) is 1.33. The van der Waals surface area contributed by atoms with Crippen LogP contribution in [0.25, 0.3) is 0 Å². The van der Waals surface area contributed by atoms with Crippen molar-refractivity contribution in [3.05, 3.63) is 84.8 Å². The Labute approximate surface area is 177 Å². The number of hydrogen-bond acceptors (Lipinski definition) is 5. The third-order valence-corrected chi connectivity index (χ3v) is 6.49. The van der Waals surface area contributed by atoms with E-state index in [4.69, 9.17) is 13.9 Å². The van der Waals surface area contributed by atoms with Crippen molar-refractivity contribution in [2.24, 2.45) is 0 Å². The van der Waals surface area contributed by atoms with Crippen molar-refractivity contribution in [3.63, 3.8) is 0 Å². The van der Waals surface area contributed by atoms with Crippen LogP contribution in [0.5, 0.6) is 11.5 Å². The van der Waals surface area contributed by atoms with Gasteiger partial charge in [0.2, 0.25) is 0 Å². The van der Waals surface area contributed by atoms with Crippen LogP contribution in [0.15, 0.2) is 88.4 Å². The van der Waals surface area contributed by atoms with Gasteiger partial charge in [-0.1, -0.05) is 5.57 Å². The topological polar surface area (TPSA) is 69.0 Å². The maximum atomic E-state index is 13.8. The van der Waals surface area contributed by atoms with E-state index < -0.39 is 16.1 Å². The van der Waals surface area contributed by atoms with Crippen LogP contribution in [0.2, 0.25) is 0 Å². The first-order valence-corrected chi connectivity index (χ1v) is 10.8. The summed E-state index contributed by atoms with van der Waals surface area (Å²) >= 11 is 0. The molecule has 1 heterocycles. The predicted molar refractivity (Wildman–Crippen MR) is 117 cm³/mol. The fraction of sp³-hybridized carbons (Fsp3) is 0.217. The summed E-state index contributed by atoms with van der Waals surface area (Å²) in [6.45, 7) is 5.85. The molecular formula is C23H25NO5S. The van der Waals surface area contributed by atoms with E-state index in [9.17, 15) is 8.42 Å². The molecule has 158 valence electrons. The normalized spacial score (nSPS) is 12.2. The third kappa shape index (κ3) is 4.52. The van der Waals surface area contributed by atoms with Crippen LogP contribution >= 0.6 is 0 Å². The highest BCUT2D eigenvalue weighted by Crippen LogP contribution is 2.38. The van der Waals surface area contributed by atoms with E-state index in [1.54, 1.807) is 55.6 Å². The molecule has 0 N–H and O–H groups in total. The predicted octanol–water partition coefficient (Wildman–Crippen LogP) is 5.20. The third-order valence-electron chi connectivity index (χ3n) is 4.64. The van der Waals surface area contributed by atoms with Crippen LogP contribution in [0.4, 0.5) is 5.69 Å². The highest BCUT2D eigenvalue weighted by Gasteiger charge is 2.34. The summed E-state index contributed by atoms with van der Waals surface area (Å²) in [6.07, 6.45) is 1.93. The van der Waals surface area contributed by atoms with Gasteiger partial charge in [0.25, 0.3) is 10.0 Å². The second kappa shape index (κ2) is 9.09. The summed E-state index contributed by atoms with van der Waals surface area (Å²) < 4.78 is 45.0. The van der Waals surface area contributed by atoms with Crippen molar-refractivity contribution in [1.82, 2.24) is 0 Å². The first-order chi connectivity index (χ1) is 14.4. The molecule has 0 unspecified atom stereocenters. The summed E-state index contributed by atoms with van der Waals surface area (Å²) in [5.74, 6) is 1.75. The molecule has 0 saturated carbocycles. The van der Waals surface area contributed by atoms with Gasteiger partial charge in [0.15, 0.2) is 0 Å². The van der Waals surface area contributed by atoms with Crippen LogP contribution in [0.3, 0.4) is 0 Å². The Hall–Kier alpha value is -3.19. The number of rotatable bonds is 9. The van der Waals surface area contributed by atoms with Crippen molar-refractivity contribution in [2.45, 2.75) is 24.3 Å². The summed E-state index contributed by atoms with van der Waals surface area (Å²) in [5, 5.41) is 0. The Bertz CT molecular complexity index is 1070. The number of methoxy groups -OCH3 is 2. The number of ether oxygens (including phenoxy) is 2. The van der Waals surface area contributed by atoms with Crippen molar-refractivity contribution in [2.75, 3.05) is 18.5 Å². The molecule has 3 rings (SSSR count). The number of nitrogens with zero attached hydrogens (tertiary/aromatic N) is 1. The quantitative estimate of drug-likeness (QED) is 0.439. The smallest absolute Gasteiger partial charge is 0.265 e. The van der Waals surface area contributed by atoms with Gasteiger partial charge in [-0.3, -0.25) is 4.31 Å². The van der Waals surface area contributed by atoms with Crippen molar-refractivity contribution >= 4 is 15.7 Å². The van der Waals surface area contributed by atoms with Gasteiger partial charge in [-0.2, -0.15) is 0 Å². The second-order valence-electron chi connectivity index (χ2n) is 6.87. The molecule has 0 bridgehead atoms. The summed E-state index contributed by atoms with van der Waals surface area (Å²) in [6, 6.07) is 16.1. The van der Waals surface area contributed by atoms with Crippen molar-refractivity contribution < 1.29 is 22.3 Å². The van der Waals surface area contributed by atoms with Gasteiger partial charge in [0.05, 0.1) is 31.1 Å². The van der Waals surface area contributed by atoms with Crippen molar-refractivity contribution in [1.29, 1.82) is 0 Å². The standard InChI is InChI=1S/C23H25NO5S/c1-17(2)16-22(23-6-5-15-29-23)24(18-7-9-19(27-3)10-8-18)30(25,26)21-13-11-20(28-4)12-14-21/h5-15,22H,1,16H2,2-4H3/t22-/m1/s1. The molecule has 0 aliphatic heterocycles. The van der Waals surface area contributed by atoms with E-state index in [1.165, 1.54) is 29.8 Å². The molecule has 1 aromatic heterocycles. The lowest BCUT2D eigenvalue weighted by Gasteiger charge is -2.32. The molecule has 6 nitrogen and oxygen atoms in total. The maximum absolute atomic E-state index is 13.8. The van der Waals surface area contributed by atoms with Gasteiger partial charge in [-0.15, -0.1) is 6.58 Å². The number of furan rings is 1. The molecule has 1 atom stereocenters. The van der Waals surface area contributed by atoms with Crippen LogP contribution in [-0.4, -0.2) is 22.6 Å². The molecule has 0 saturated heterocycles. The van der Waals surface area contributed by atoms with E-state index in [0.29, 0.717) is 29.4 Å². The van der Waals surface area contributed by atoms with Gasteiger partial charge in [-0.05, 0) is 74.0 Å². The average molecular weight is 428 g/mol. The fourth-order valence-electron chi connectivity index (χ4n) is 3.19. The van der Waals surface area contributed by atoms with Crippen LogP contribution in [0, 0.1) is 0 Å². The van der Waals surface area contributed by atoms with E-state index in [-0.39, 0.29) is 4.90 Å². The van der Waals surface area contributed by atoms with Gasteiger partial charge < -0.3 is 13.9 Å². The lowest BCUT2D eigenvalue weighted by Crippen LogP contribution is -2.35. The lowest BCUT2D eigenvalue weighted by molar-refractivity contribution is 0.414. The molecule has 3 aromatic rings. The average Bonchev–Trinajstić information content (AvgIpc) is 3.28. The van der Waals surface area contributed by atoms with E-state index in [1.807, 2.05) is 6.92 Å². The van der Waals surface area contributed by atoms with Gasteiger partial charge in [-0.25, -0.2) is 8.42 Å². The Kier molecular flexibility index (Phi) is 6.52. The molecule has 2 aromatic carbocycles. The minimum absolute atomic E-state index is 0.150. The monoisotopic (exact) mass is 427 g/mol. The van der Waals surface area contributed by atoms with Crippen LogP contribution in [-0.2, 0) is 10.0 Å². The largest absolute Gasteiger partial charge is 0.497 e. The van der Waals surface area contributed by atoms with E-state index in [2.05, 4.69) is 6.58 Å². The van der Waals surface area contributed by atoms with Gasteiger partial charge >= 0.3 is 0 Å². The molecule has 0 fully saturated rings. The molecule has 30 heavy (non-hydrogen) atoms. The maximum Gasteiger partial charge on any atom is 0.265 e. The minimum atomic E-state index is -3.93. The Morgan fingerprint density at radius 3 is 2.03 bits per heavy atom. The summed E-state index contributed by atoms with van der Waals surface area (Å²) in [7, 11) is -0.836. The highest BCUT2D eigenvalue weighted by atomic mass is 32.2. The van der Waals surface area contributed by atoms with Gasteiger partial charge in [0, 0.05) is 0 Å². The van der Waals surface area contributed by atoms with E-state index in [0.717, 1.165) is 5.57 Å². The van der Waals surface area contributed by atoms with E-state index >= 15 is 0 Å². The molecule has 7 heteroatoms. The number of sulfonamides is 1. The molecule has 0 aliphatic carbocycles. The zero-order valence-corrected chi connectivity index (χ0v) is 18.1. The van der Waals surface area contributed by atoms with Crippen LogP contribution in [0.1, 0.15) is 25.1 Å². The SMILES string of the molecule is C=C(C)C[C@H](c1ccco1)N(c1ccc(OC)cc1)S(=O)(=O)c1ccc(OC)cc1. The summed E-state index contributed by atoms with van der Waals surface area (Å²) in [4.78, 5) is 0.150. The minimum Gasteiger partial charge on any atom is -0.497 e. The van der Waals surface area contributed by atoms with Crippen LogP contribution < -0.4 is 13.8 Å². The lowest BCUT2D eigenvalue weighted by atomic mass is 10.1. The fourth-order valence-corrected chi connectivity index (χ4v) is 4.81. The molecule has 0 aliphatic rings. The zero-order valence-electron chi connectivity index (χ0n) is 17.2. The van der Waals surface area contributed by atoms with Crippen molar-refractivity contribution in [3.8, 4) is 11.5 Å². The highest BCUT2D eigenvalue weighted by molar-refractivity contribution is 7.92. The Morgan fingerprint density at radius 1 is 1.00 bits per heavy atom. The molecule has 0 radical (unpaired) electrons. The number of hydrogen-bond donors (Lipinski definition) is 0. The first kappa shape index (κ1) is 21.5. The Morgan fingerprint density at radius 2 is 1.57 bits per heavy atom. The molecular weight excluding hydrogens is 402 g/mol. The van der Waals surface area contributed by atoms with Gasteiger partial charge in [0.1, 0.15) is 23.3 Å². The number of anilines is 1. The Balaban J connectivity index is 2.17. The molecule has 0 amide bonds.